The Bertz CT molecular complexity index is 1190. The molecule has 1 aromatic heterocycles. The Labute approximate surface area is 181 Å². The average molecular weight is 418 g/mol. The van der Waals surface area contributed by atoms with E-state index >= 15 is 0 Å². The van der Waals surface area contributed by atoms with Crippen molar-refractivity contribution in [3.8, 4) is 5.75 Å². The molecule has 4 rings (SSSR count). The lowest BCUT2D eigenvalue weighted by Gasteiger charge is -2.28. The van der Waals surface area contributed by atoms with Crippen LogP contribution in [0, 0.1) is 13.8 Å². The zero-order valence-corrected chi connectivity index (χ0v) is 18.0. The van der Waals surface area contributed by atoms with Crippen LogP contribution in [0.15, 0.2) is 47.3 Å². The van der Waals surface area contributed by atoms with E-state index in [2.05, 4.69) is 15.3 Å². The Morgan fingerprint density at radius 1 is 1.23 bits per heavy atom. The Morgan fingerprint density at radius 3 is 2.84 bits per heavy atom. The first-order chi connectivity index (χ1) is 14.9. The molecule has 7 nitrogen and oxygen atoms in total. The molecule has 0 bridgehead atoms. The van der Waals surface area contributed by atoms with Crippen molar-refractivity contribution in [2.45, 2.75) is 33.2 Å². The lowest BCUT2D eigenvalue weighted by Crippen LogP contribution is -2.42. The quantitative estimate of drug-likeness (QED) is 0.678. The van der Waals surface area contributed by atoms with Gasteiger partial charge >= 0.3 is 6.03 Å². The van der Waals surface area contributed by atoms with Crippen molar-refractivity contribution in [1.29, 1.82) is 0 Å². The third kappa shape index (κ3) is 4.60. The van der Waals surface area contributed by atoms with Crippen molar-refractivity contribution in [2.75, 3.05) is 19.0 Å². The molecule has 0 aliphatic carbocycles. The number of aromatic nitrogens is 2. The van der Waals surface area contributed by atoms with Crippen molar-refractivity contribution >= 4 is 11.7 Å². The predicted molar refractivity (Wildman–Crippen MR) is 120 cm³/mol. The molecule has 0 fully saturated rings. The lowest BCUT2D eigenvalue weighted by atomic mass is 10.1. The number of benzene rings is 2. The number of fused-ring (bicyclic) bond motifs is 1. The molecule has 0 unspecified atom stereocenters. The number of hydrogen-bond acceptors (Lipinski definition) is 4. The van der Waals surface area contributed by atoms with E-state index in [4.69, 9.17) is 4.74 Å². The molecule has 0 saturated carbocycles. The number of carbonyl (C=O) groups is 1. The molecule has 2 N–H and O–H groups in total. The maximum atomic E-state index is 12.8. The van der Waals surface area contributed by atoms with Gasteiger partial charge in [-0.1, -0.05) is 29.8 Å². The average Bonchev–Trinajstić information content (AvgIpc) is 2.75. The Morgan fingerprint density at radius 2 is 2.06 bits per heavy atom. The predicted octanol–water partition coefficient (Wildman–Crippen LogP) is 3.58. The molecule has 2 aromatic carbocycles. The van der Waals surface area contributed by atoms with Gasteiger partial charge in [0.25, 0.3) is 5.56 Å². The fourth-order valence-electron chi connectivity index (χ4n) is 3.86. The van der Waals surface area contributed by atoms with Gasteiger partial charge in [-0.25, -0.2) is 9.78 Å². The summed E-state index contributed by atoms with van der Waals surface area (Å²) in [5, 5.41) is 2.95. The summed E-state index contributed by atoms with van der Waals surface area (Å²) in [5.74, 6) is 1.38. The summed E-state index contributed by atoms with van der Waals surface area (Å²) in [6.45, 7) is 4.74. The second kappa shape index (κ2) is 8.63. The van der Waals surface area contributed by atoms with Gasteiger partial charge in [0.15, 0.2) is 0 Å². The van der Waals surface area contributed by atoms with Gasteiger partial charge in [-0.05, 0) is 43.2 Å². The van der Waals surface area contributed by atoms with Crippen molar-refractivity contribution in [1.82, 2.24) is 14.9 Å². The van der Waals surface area contributed by atoms with E-state index in [1.54, 1.807) is 12.0 Å². The Balaban J connectivity index is 1.49. The van der Waals surface area contributed by atoms with E-state index in [0.717, 1.165) is 33.8 Å². The molecule has 7 heteroatoms. The van der Waals surface area contributed by atoms with Crippen LogP contribution in [0.4, 0.5) is 10.5 Å². The number of nitrogens with zero attached hydrogens (tertiary/aromatic N) is 2. The molecule has 3 aromatic rings. The first-order valence-corrected chi connectivity index (χ1v) is 10.3. The van der Waals surface area contributed by atoms with Crippen LogP contribution in [0.1, 0.15) is 33.8 Å². The lowest BCUT2D eigenvalue weighted by molar-refractivity contribution is 0.205. The summed E-state index contributed by atoms with van der Waals surface area (Å²) in [6, 6.07) is 13.4. The summed E-state index contributed by atoms with van der Waals surface area (Å²) in [6.07, 6.45) is 1.06. The van der Waals surface area contributed by atoms with Crippen LogP contribution < -0.4 is 15.6 Å². The summed E-state index contributed by atoms with van der Waals surface area (Å²) in [7, 11) is 1.63. The SMILES string of the molecule is COc1cccc(Cc2nc3c(c(=O)[nH]2)CN(C(=O)Nc2ccc(C)cc2C)CC3)c1. The number of anilines is 1. The van der Waals surface area contributed by atoms with Crippen LogP contribution in [0.5, 0.6) is 5.75 Å². The van der Waals surface area contributed by atoms with Crippen molar-refractivity contribution in [3.05, 3.63) is 86.6 Å². The number of aromatic amines is 1. The van der Waals surface area contributed by atoms with Gasteiger partial charge in [-0.2, -0.15) is 0 Å². The molecule has 2 amide bonds. The molecule has 0 saturated heterocycles. The summed E-state index contributed by atoms with van der Waals surface area (Å²) < 4.78 is 5.26. The van der Waals surface area contributed by atoms with E-state index in [1.807, 2.05) is 56.3 Å². The smallest absolute Gasteiger partial charge is 0.322 e. The summed E-state index contributed by atoms with van der Waals surface area (Å²) in [4.78, 5) is 34.7. The third-order valence-electron chi connectivity index (χ3n) is 5.53. The number of urea groups is 1. The number of carbonyl (C=O) groups excluding carboxylic acids is 1. The fourth-order valence-corrected chi connectivity index (χ4v) is 3.86. The summed E-state index contributed by atoms with van der Waals surface area (Å²) in [5.41, 5.74) is 5.06. The zero-order chi connectivity index (χ0) is 22.0. The van der Waals surface area contributed by atoms with Gasteiger partial charge < -0.3 is 19.9 Å². The van der Waals surface area contributed by atoms with Crippen LogP contribution in [-0.2, 0) is 19.4 Å². The molecule has 1 aliphatic heterocycles. The number of H-pyrrole nitrogens is 1. The third-order valence-corrected chi connectivity index (χ3v) is 5.53. The number of nitrogens with one attached hydrogen (secondary N) is 2. The highest BCUT2D eigenvalue weighted by Gasteiger charge is 2.25. The van der Waals surface area contributed by atoms with Gasteiger partial charge in [0.05, 0.1) is 24.9 Å². The highest BCUT2D eigenvalue weighted by Crippen LogP contribution is 2.20. The van der Waals surface area contributed by atoms with Crippen molar-refractivity contribution in [3.63, 3.8) is 0 Å². The number of aryl methyl sites for hydroxylation is 2. The van der Waals surface area contributed by atoms with Gasteiger partial charge in [0.1, 0.15) is 11.6 Å². The molecule has 1 aliphatic rings. The molecule has 0 spiro atoms. The Kier molecular flexibility index (Phi) is 5.75. The standard InChI is InChI=1S/C24H26N4O3/c1-15-7-8-20(16(2)11-15)26-24(30)28-10-9-21-19(14-28)23(29)27-22(25-21)13-17-5-4-6-18(12-17)31-3/h4-8,11-12H,9-10,13-14H2,1-3H3,(H,26,30)(H,25,27,29). The minimum atomic E-state index is -0.211. The minimum absolute atomic E-state index is 0.188. The molecule has 0 radical (unpaired) electrons. The van der Waals surface area contributed by atoms with Crippen molar-refractivity contribution in [2.24, 2.45) is 0 Å². The molecular weight excluding hydrogens is 392 g/mol. The second-order valence-electron chi connectivity index (χ2n) is 7.89. The topological polar surface area (TPSA) is 87.3 Å². The first kappa shape index (κ1) is 20.7. The molecule has 31 heavy (non-hydrogen) atoms. The van der Waals surface area contributed by atoms with Gasteiger partial charge in [-0.15, -0.1) is 0 Å². The van der Waals surface area contributed by atoms with E-state index in [0.29, 0.717) is 30.8 Å². The van der Waals surface area contributed by atoms with Crippen LogP contribution >= 0.6 is 0 Å². The van der Waals surface area contributed by atoms with Crippen molar-refractivity contribution < 1.29 is 9.53 Å². The van der Waals surface area contributed by atoms with E-state index in [1.165, 1.54) is 0 Å². The zero-order valence-electron chi connectivity index (χ0n) is 18.0. The molecule has 0 atom stereocenters. The molecular formula is C24H26N4O3. The van der Waals surface area contributed by atoms with Gasteiger partial charge in [-0.3, -0.25) is 4.79 Å². The van der Waals surface area contributed by atoms with E-state index in [-0.39, 0.29) is 18.1 Å². The number of methoxy groups -OCH3 is 1. The first-order valence-electron chi connectivity index (χ1n) is 10.3. The second-order valence-corrected chi connectivity index (χ2v) is 7.89. The maximum Gasteiger partial charge on any atom is 0.322 e. The largest absolute Gasteiger partial charge is 0.497 e. The van der Waals surface area contributed by atoms with Gasteiger partial charge in [0.2, 0.25) is 0 Å². The highest BCUT2D eigenvalue weighted by molar-refractivity contribution is 5.90. The highest BCUT2D eigenvalue weighted by atomic mass is 16.5. The number of hydrogen-bond donors (Lipinski definition) is 2. The number of rotatable bonds is 4. The molecule has 2 heterocycles. The van der Waals surface area contributed by atoms with E-state index < -0.39 is 0 Å². The van der Waals surface area contributed by atoms with E-state index in [9.17, 15) is 9.59 Å². The maximum absolute atomic E-state index is 12.8. The fraction of sp³-hybridized carbons (Fsp3) is 0.292. The number of amides is 2. The van der Waals surface area contributed by atoms with Gasteiger partial charge in [0, 0.05) is 25.1 Å². The Hall–Kier alpha value is -3.61. The minimum Gasteiger partial charge on any atom is -0.497 e. The monoisotopic (exact) mass is 418 g/mol. The van der Waals surface area contributed by atoms with Crippen LogP contribution in [0.25, 0.3) is 0 Å². The van der Waals surface area contributed by atoms with Crippen LogP contribution in [0.2, 0.25) is 0 Å². The number of ether oxygens (including phenoxy) is 1. The molecule has 160 valence electrons. The summed E-state index contributed by atoms with van der Waals surface area (Å²) >= 11 is 0. The van der Waals surface area contributed by atoms with Crippen LogP contribution in [0.3, 0.4) is 0 Å². The normalized spacial score (nSPS) is 12.9. The van der Waals surface area contributed by atoms with Crippen LogP contribution in [-0.4, -0.2) is 34.6 Å².